The van der Waals surface area contributed by atoms with Gasteiger partial charge >= 0.3 is 0 Å². The summed E-state index contributed by atoms with van der Waals surface area (Å²) >= 11 is 8.06. The number of benzene rings is 3. The molecule has 0 fully saturated rings. The van der Waals surface area contributed by atoms with E-state index in [9.17, 15) is 0 Å². The molecule has 2 aromatic heterocycles. The van der Waals surface area contributed by atoms with E-state index >= 15 is 0 Å². The van der Waals surface area contributed by atoms with Gasteiger partial charge in [0.2, 0.25) is 5.95 Å². The summed E-state index contributed by atoms with van der Waals surface area (Å²) in [4.78, 5) is 11.2. The minimum Gasteiger partial charge on any atom is -0.494 e. The molecule has 0 N–H and O–H groups in total. The Balaban J connectivity index is 1.50. The average Bonchev–Trinajstić information content (AvgIpc) is 3.60. The van der Waals surface area contributed by atoms with Crippen molar-refractivity contribution >= 4 is 45.5 Å². The quantitative estimate of drug-likeness (QED) is 0.234. The molecule has 7 heteroatoms. The first-order chi connectivity index (χ1) is 17.7. The van der Waals surface area contributed by atoms with Crippen molar-refractivity contribution in [3.63, 3.8) is 0 Å². The number of ether oxygens (including phenoxy) is 1. The fraction of sp³-hybridized carbons (Fsp3) is 0.138. The third kappa shape index (κ3) is 4.34. The van der Waals surface area contributed by atoms with Gasteiger partial charge in [-0.1, -0.05) is 60.1 Å². The molecule has 3 aromatic carbocycles. The van der Waals surface area contributed by atoms with Crippen LogP contribution in [-0.2, 0) is 0 Å². The van der Waals surface area contributed by atoms with E-state index in [0.717, 1.165) is 50.5 Å². The molecule has 178 valence electrons. The van der Waals surface area contributed by atoms with E-state index in [0.29, 0.717) is 17.6 Å². The van der Waals surface area contributed by atoms with Gasteiger partial charge in [-0.2, -0.15) is 5.10 Å². The molecular weight excluding hydrogens is 488 g/mol. The van der Waals surface area contributed by atoms with Crippen LogP contribution < -0.4 is 9.75 Å². The zero-order valence-corrected chi connectivity index (χ0v) is 21.2. The van der Waals surface area contributed by atoms with Crippen molar-refractivity contribution in [2.45, 2.75) is 19.4 Å². The largest absolute Gasteiger partial charge is 0.494 e. The molecule has 0 aliphatic carbocycles. The highest BCUT2D eigenvalue weighted by atomic mass is 35.5. The normalized spacial score (nSPS) is 15.3. The molecule has 0 radical (unpaired) electrons. The van der Waals surface area contributed by atoms with Crippen LogP contribution in [0.4, 0.5) is 5.95 Å². The molecule has 36 heavy (non-hydrogen) atoms. The van der Waals surface area contributed by atoms with E-state index in [1.165, 1.54) is 0 Å². The summed E-state index contributed by atoms with van der Waals surface area (Å²) in [6.07, 6.45) is 0.761. The molecule has 0 unspecified atom stereocenters. The highest BCUT2D eigenvalue weighted by molar-refractivity contribution is 7.12. The molecule has 0 amide bonds. The predicted molar refractivity (Wildman–Crippen MR) is 148 cm³/mol. The molecule has 1 aliphatic rings. The van der Waals surface area contributed by atoms with E-state index in [-0.39, 0.29) is 6.04 Å². The first-order valence-corrected chi connectivity index (χ1v) is 13.1. The Hall–Kier alpha value is -3.74. The number of fused-ring (bicyclic) bond motifs is 1. The van der Waals surface area contributed by atoms with Crippen molar-refractivity contribution in [2.75, 3.05) is 11.6 Å². The van der Waals surface area contributed by atoms with Crippen LogP contribution in [0.3, 0.4) is 0 Å². The lowest BCUT2D eigenvalue weighted by Gasteiger charge is -2.23. The van der Waals surface area contributed by atoms with Crippen LogP contribution in [0.1, 0.15) is 29.8 Å². The Bertz CT molecular complexity index is 1540. The number of nitrogens with zero attached hydrogens (tertiary/aromatic N) is 4. The lowest BCUT2D eigenvalue weighted by Crippen LogP contribution is -2.21. The van der Waals surface area contributed by atoms with Crippen molar-refractivity contribution < 1.29 is 4.74 Å². The van der Waals surface area contributed by atoms with Crippen molar-refractivity contribution in [3.05, 3.63) is 106 Å². The molecule has 0 spiro atoms. The number of halogens is 1. The molecular formula is C29H23ClN4OS. The molecule has 1 aliphatic heterocycles. The number of thiophene rings is 1. The van der Waals surface area contributed by atoms with E-state index in [1.807, 2.05) is 60.5 Å². The van der Waals surface area contributed by atoms with Gasteiger partial charge in [0.15, 0.2) is 0 Å². The average molecular weight is 511 g/mol. The van der Waals surface area contributed by atoms with Gasteiger partial charge in [0.1, 0.15) is 5.75 Å². The Labute approximate surface area is 218 Å². The first kappa shape index (κ1) is 22.7. The van der Waals surface area contributed by atoms with E-state index in [1.54, 1.807) is 11.3 Å². The maximum atomic E-state index is 6.36. The second-order valence-corrected chi connectivity index (χ2v) is 9.87. The van der Waals surface area contributed by atoms with Gasteiger partial charge < -0.3 is 4.74 Å². The fourth-order valence-electron chi connectivity index (χ4n) is 4.51. The van der Waals surface area contributed by atoms with Gasteiger partial charge in [0, 0.05) is 22.4 Å². The Morgan fingerprint density at radius 1 is 0.972 bits per heavy atom. The molecule has 6 rings (SSSR count). The molecule has 1 atom stereocenters. The van der Waals surface area contributed by atoms with Crippen molar-refractivity contribution in [1.29, 1.82) is 0 Å². The maximum absolute atomic E-state index is 6.36. The summed E-state index contributed by atoms with van der Waals surface area (Å²) < 4.78 is 5.66. The smallest absolute Gasteiger partial charge is 0.247 e. The van der Waals surface area contributed by atoms with Crippen LogP contribution in [0.5, 0.6) is 5.75 Å². The Morgan fingerprint density at radius 2 is 1.81 bits per heavy atom. The minimum absolute atomic E-state index is 0.0360. The van der Waals surface area contributed by atoms with E-state index in [4.69, 9.17) is 31.4 Å². The van der Waals surface area contributed by atoms with Crippen molar-refractivity contribution in [1.82, 2.24) is 9.97 Å². The second-order valence-electron chi connectivity index (χ2n) is 8.49. The third-order valence-corrected chi connectivity index (χ3v) is 7.34. The summed E-state index contributed by atoms with van der Waals surface area (Å²) in [6, 6.07) is 28.2. The Kier molecular flexibility index (Phi) is 6.13. The lowest BCUT2D eigenvalue weighted by atomic mass is 10.0. The number of hydrogen-bond acceptors (Lipinski definition) is 6. The van der Waals surface area contributed by atoms with Gasteiger partial charge in [-0.05, 0) is 54.3 Å². The number of aromatic nitrogens is 2. The highest BCUT2D eigenvalue weighted by Crippen LogP contribution is 2.38. The highest BCUT2D eigenvalue weighted by Gasteiger charge is 2.32. The second kappa shape index (κ2) is 9.72. The summed E-state index contributed by atoms with van der Waals surface area (Å²) in [5, 5.41) is 10.7. The SMILES string of the molecule is CCOc1ccc([C@@H]2CC(c3cccs3)=NN2c2nc(-c3ccccc3)c3cc(Cl)ccc3n2)cc1. The summed E-state index contributed by atoms with van der Waals surface area (Å²) in [6.45, 7) is 2.63. The topological polar surface area (TPSA) is 50.6 Å². The zero-order valence-electron chi connectivity index (χ0n) is 19.6. The van der Waals surface area contributed by atoms with Crippen LogP contribution in [0.15, 0.2) is 95.4 Å². The fourth-order valence-corrected chi connectivity index (χ4v) is 5.40. The van der Waals surface area contributed by atoms with Crippen LogP contribution >= 0.6 is 22.9 Å². The third-order valence-electron chi connectivity index (χ3n) is 6.19. The summed E-state index contributed by atoms with van der Waals surface area (Å²) in [5.74, 6) is 1.42. The minimum atomic E-state index is -0.0360. The monoisotopic (exact) mass is 510 g/mol. The standard InChI is InChI=1S/C29H23ClN4OS/c1-2-35-22-13-10-19(11-14-22)26-18-25(27-9-6-16-36-27)33-34(26)29-31-24-15-12-21(30)17-23(24)28(32-29)20-7-4-3-5-8-20/h3-17,26H,2,18H2,1H3/t26-/m0/s1. The van der Waals surface area contributed by atoms with Gasteiger partial charge in [-0.25, -0.2) is 15.0 Å². The molecule has 0 saturated carbocycles. The number of hydrazone groups is 1. The number of hydrogen-bond donors (Lipinski definition) is 0. The van der Waals surface area contributed by atoms with Gasteiger partial charge in [0.05, 0.1) is 34.4 Å². The summed E-state index contributed by atoms with van der Waals surface area (Å²) in [7, 11) is 0. The van der Waals surface area contributed by atoms with Gasteiger partial charge in [0.25, 0.3) is 0 Å². The molecule has 0 saturated heterocycles. The molecule has 0 bridgehead atoms. The predicted octanol–water partition coefficient (Wildman–Crippen LogP) is 7.77. The van der Waals surface area contributed by atoms with Gasteiger partial charge in [-0.15, -0.1) is 11.3 Å². The lowest BCUT2D eigenvalue weighted by molar-refractivity contribution is 0.340. The van der Waals surface area contributed by atoms with Crippen LogP contribution in [0, 0.1) is 0 Å². The molecule has 5 aromatic rings. The van der Waals surface area contributed by atoms with Crippen LogP contribution in [0.2, 0.25) is 5.02 Å². The number of anilines is 1. The molecule has 5 nitrogen and oxygen atoms in total. The van der Waals surface area contributed by atoms with Crippen molar-refractivity contribution in [2.24, 2.45) is 5.10 Å². The van der Waals surface area contributed by atoms with Gasteiger partial charge in [-0.3, -0.25) is 0 Å². The number of rotatable bonds is 6. The maximum Gasteiger partial charge on any atom is 0.247 e. The van der Waals surface area contributed by atoms with E-state index < -0.39 is 0 Å². The van der Waals surface area contributed by atoms with E-state index in [2.05, 4.69) is 41.8 Å². The first-order valence-electron chi connectivity index (χ1n) is 11.9. The van der Waals surface area contributed by atoms with Crippen LogP contribution in [0.25, 0.3) is 22.2 Å². The Morgan fingerprint density at radius 3 is 2.56 bits per heavy atom. The van der Waals surface area contributed by atoms with Crippen molar-refractivity contribution in [3.8, 4) is 17.0 Å². The van der Waals surface area contributed by atoms with Crippen LogP contribution in [-0.4, -0.2) is 22.3 Å². The molecule has 3 heterocycles. The zero-order chi connectivity index (χ0) is 24.5. The summed E-state index contributed by atoms with van der Waals surface area (Å²) in [5.41, 5.74) is 4.84.